The number of amides is 1. The summed E-state index contributed by atoms with van der Waals surface area (Å²) in [6.07, 6.45) is 1.84. The Labute approximate surface area is 129 Å². The summed E-state index contributed by atoms with van der Waals surface area (Å²) in [6.45, 7) is 5.24. The van der Waals surface area contributed by atoms with Gasteiger partial charge in [-0.05, 0) is 35.8 Å². The fourth-order valence-electron chi connectivity index (χ4n) is 3.30. The maximum atomic E-state index is 12.9. The van der Waals surface area contributed by atoms with Gasteiger partial charge in [0.05, 0.1) is 5.41 Å². The summed E-state index contributed by atoms with van der Waals surface area (Å²) in [7, 11) is 1.49. The lowest BCUT2D eigenvalue weighted by Crippen LogP contribution is -2.34. The van der Waals surface area contributed by atoms with E-state index >= 15 is 0 Å². The molecule has 2 aromatic rings. The van der Waals surface area contributed by atoms with Crippen molar-refractivity contribution in [3.63, 3.8) is 0 Å². The molecule has 2 nitrogen and oxygen atoms in total. The number of benzene rings is 2. The van der Waals surface area contributed by atoms with Crippen LogP contribution in [0.25, 0.3) is 10.8 Å². The van der Waals surface area contributed by atoms with Gasteiger partial charge in [0, 0.05) is 15.0 Å². The van der Waals surface area contributed by atoms with Gasteiger partial charge in [0.15, 0.2) is 0 Å². The summed E-state index contributed by atoms with van der Waals surface area (Å²) < 4.78 is 2.08. The lowest BCUT2D eigenvalue weighted by molar-refractivity contribution is -0.128. The fraction of sp³-hybridized carbons (Fsp3) is 0.353. The minimum Gasteiger partial charge on any atom is -0.320 e. The van der Waals surface area contributed by atoms with Gasteiger partial charge in [0.25, 0.3) is 0 Å². The average Bonchev–Trinajstić information content (AvgIpc) is 2.85. The van der Waals surface area contributed by atoms with Crippen molar-refractivity contribution in [2.75, 3.05) is 13.2 Å². The number of nitrogens with zero attached hydrogens (tertiary/aromatic N) is 1. The molecule has 1 saturated heterocycles. The van der Waals surface area contributed by atoms with E-state index in [1.54, 1.807) is 0 Å². The normalized spacial score (nSPS) is 23.3. The first-order valence-corrected chi connectivity index (χ1v) is 10.9. The Kier molecular flexibility index (Phi) is 4.29. The number of hydrogen-bond donors (Lipinski definition) is 0. The molecule has 3 atom stereocenters. The largest absolute Gasteiger partial charge is 0.320 e. The zero-order chi connectivity index (χ0) is 14.9. The molecule has 1 fully saturated rings. The Balaban J connectivity index is 2.04. The van der Waals surface area contributed by atoms with E-state index in [1.165, 1.54) is 16.3 Å². The Morgan fingerprint density at radius 1 is 1.19 bits per heavy atom. The van der Waals surface area contributed by atoms with E-state index in [0.29, 0.717) is 14.3 Å². The van der Waals surface area contributed by atoms with Crippen LogP contribution in [-0.2, 0) is 10.2 Å². The van der Waals surface area contributed by atoms with Crippen molar-refractivity contribution in [3.8, 4) is 0 Å². The Bertz CT molecular complexity index is 673. The zero-order valence-corrected chi connectivity index (χ0v) is 14.5. The van der Waals surface area contributed by atoms with Crippen LogP contribution in [0.2, 0.25) is 0 Å². The molecule has 0 radical (unpaired) electrons. The molecule has 0 N–H and O–H groups in total. The highest BCUT2D eigenvalue weighted by Crippen LogP contribution is 2.48. The third-order valence-electron chi connectivity index (χ3n) is 4.57. The molecule has 3 rings (SSSR count). The quantitative estimate of drug-likeness (QED) is 0.758. The van der Waals surface area contributed by atoms with Crippen molar-refractivity contribution in [2.24, 2.45) is 0 Å². The number of carbonyl (C=O) groups is 1. The highest BCUT2D eigenvalue weighted by Gasteiger charge is 2.46. The smallest absolute Gasteiger partial charge is 0.236 e. The van der Waals surface area contributed by atoms with Crippen molar-refractivity contribution in [1.82, 2.24) is 4.67 Å². The van der Waals surface area contributed by atoms with Crippen molar-refractivity contribution in [3.05, 3.63) is 48.0 Å². The lowest BCUT2D eigenvalue weighted by Gasteiger charge is -2.27. The number of fused-ring (bicyclic) bond motifs is 1. The second-order valence-corrected chi connectivity index (χ2v) is 9.00. The van der Waals surface area contributed by atoms with Crippen LogP contribution in [0.3, 0.4) is 0 Å². The molecular weight excluding hydrogens is 296 g/mol. The van der Waals surface area contributed by atoms with E-state index in [-0.39, 0.29) is 5.41 Å². The summed E-state index contributed by atoms with van der Waals surface area (Å²) in [5.74, 6) is 0.341. The predicted molar refractivity (Wildman–Crippen MR) is 94.8 cm³/mol. The fourth-order valence-corrected chi connectivity index (χ4v) is 5.56. The van der Waals surface area contributed by atoms with Crippen LogP contribution in [0.1, 0.15) is 25.3 Å². The Morgan fingerprint density at radius 3 is 2.67 bits per heavy atom. The molecule has 0 saturated carbocycles. The average molecular weight is 317 g/mol. The first-order chi connectivity index (χ1) is 10.2. The van der Waals surface area contributed by atoms with Crippen LogP contribution in [0.15, 0.2) is 42.5 Å². The van der Waals surface area contributed by atoms with E-state index < -0.39 is 0 Å². The second-order valence-electron chi connectivity index (χ2n) is 5.57. The van der Waals surface area contributed by atoms with Crippen molar-refractivity contribution < 1.29 is 4.79 Å². The molecule has 0 spiro atoms. The minimum atomic E-state index is -0.295. The van der Waals surface area contributed by atoms with E-state index in [1.807, 2.05) is 0 Å². The topological polar surface area (TPSA) is 20.3 Å². The Hall–Kier alpha value is -0.970. The second kappa shape index (κ2) is 6.03. The molecule has 1 aliphatic heterocycles. The summed E-state index contributed by atoms with van der Waals surface area (Å²) >= 11 is 0. The van der Waals surface area contributed by atoms with Gasteiger partial charge in [-0.15, -0.1) is 0 Å². The number of carbonyl (C=O) groups excluding carboxylic acids is 1. The molecule has 1 aliphatic rings. The Morgan fingerprint density at radius 2 is 1.95 bits per heavy atom. The molecule has 0 bridgehead atoms. The van der Waals surface area contributed by atoms with E-state index in [9.17, 15) is 4.79 Å². The van der Waals surface area contributed by atoms with Gasteiger partial charge in [-0.1, -0.05) is 57.7 Å². The van der Waals surface area contributed by atoms with E-state index in [0.717, 1.165) is 27.7 Å². The minimum absolute atomic E-state index is 0.295. The maximum absolute atomic E-state index is 12.9. The van der Waals surface area contributed by atoms with Crippen molar-refractivity contribution in [2.45, 2.75) is 25.2 Å². The first-order valence-electron chi connectivity index (χ1n) is 7.45. The monoisotopic (exact) mass is 317 g/mol. The summed E-state index contributed by atoms with van der Waals surface area (Å²) in [5.41, 5.74) is 0.900. The van der Waals surface area contributed by atoms with Crippen molar-refractivity contribution >= 4 is 33.4 Å². The van der Waals surface area contributed by atoms with Crippen LogP contribution in [0.4, 0.5) is 0 Å². The molecule has 110 valence electrons. The standard InChI is InChI=1S/C17H21NOP2/c1-3-17(10-11-18(16(17)19)21-20-2)15-9-8-13-6-4-5-7-14(13)12-15/h4-9,12,20-21H,3,10-11H2,1-2H3/t17-/m0/s1. The van der Waals surface area contributed by atoms with Crippen LogP contribution < -0.4 is 0 Å². The maximum Gasteiger partial charge on any atom is 0.236 e. The molecule has 0 aromatic heterocycles. The van der Waals surface area contributed by atoms with Crippen LogP contribution in [-0.4, -0.2) is 23.8 Å². The molecule has 2 unspecified atom stereocenters. The van der Waals surface area contributed by atoms with Crippen LogP contribution >= 0.6 is 16.7 Å². The number of rotatable bonds is 4. The van der Waals surface area contributed by atoms with Gasteiger partial charge >= 0.3 is 0 Å². The summed E-state index contributed by atoms with van der Waals surface area (Å²) in [6, 6.07) is 14.9. The summed E-state index contributed by atoms with van der Waals surface area (Å²) in [5, 5.41) is 2.47. The third kappa shape index (κ3) is 2.50. The van der Waals surface area contributed by atoms with Crippen LogP contribution in [0, 0.1) is 0 Å². The molecule has 4 heteroatoms. The first kappa shape index (κ1) is 14.9. The highest BCUT2D eigenvalue weighted by molar-refractivity contribution is 8.10. The van der Waals surface area contributed by atoms with E-state index in [2.05, 4.69) is 60.7 Å². The molecule has 1 amide bonds. The molecular formula is C17H21NOP2. The molecule has 1 heterocycles. The summed E-state index contributed by atoms with van der Waals surface area (Å²) in [4.78, 5) is 12.9. The van der Waals surface area contributed by atoms with Gasteiger partial charge in [-0.3, -0.25) is 4.79 Å². The van der Waals surface area contributed by atoms with Gasteiger partial charge in [-0.2, -0.15) is 0 Å². The SMILES string of the molecule is CC[C@@]1(c2ccc3ccccc3c2)CCN(PPC)C1=O. The molecule has 21 heavy (non-hydrogen) atoms. The lowest BCUT2D eigenvalue weighted by atomic mass is 9.76. The molecule has 0 aliphatic carbocycles. The third-order valence-corrected chi connectivity index (χ3v) is 6.97. The van der Waals surface area contributed by atoms with E-state index in [4.69, 9.17) is 0 Å². The highest BCUT2D eigenvalue weighted by atomic mass is 32.0. The van der Waals surface area contributed by atoms with Gasteiger partial charge < -0.3 is 4.67 Å². The molecule has 2 aromatic carbocycles. The van der Waals surface area contributed by atoms with Gasteiger partial charge in [-0.25, -0.2) is 0 Å². The van der Waals surface area contributed by atoms with Crippen molar-refractivity contribution in [1.29, 1.82) is 0 Å². The van der Waals surface area contributed by atoms with Gasteiger partial charge in [0.1, 0.15) is 0 Å². The van der Waals surface area contributed by atoms with Gasteiger partial charge in [0.2, 0.25) is 5.91 Å². The zero-order valence-electron chi connectivity index (χ0n) is 12.5. The predicted octanol–water partition coefficient (Wildman–Crippen LogP) is 4.54. The van der Waals surface area contributed by atoms with Crippen LogP contribution in [0.5, 0.6) is 0 Å². The number of hydrogen-bond acceptors (Lipinski definition) is 1.